The summed E-state index contributed by atoms with van der Waals surface area (Å²) in [4.78, 5) is 13.8. The van der Waals surface area contributed by atoms with Crippen LogP contribution in [-0.2, 0) is 17.3 Å². The van der Waals surface area contributed by atoms with E-state index in [1.54, 1.807) is 30.6 Å². The summed E-state index contributed by atoms with van der Waals surface area (Å²) < 4.78 is 15.9. The Balaban J connectivity index is 1.65. The van der Waals surface area contributed by atoms with Gasteiger partial charge in [-0.25, -0.2) is 8.89 Å². The smallest absolute Gasteiger partial charge is 0.274 e. The maximum absolute atomic E-state index is 12.8. The highest BCUT2D eigenvalue weighted by molar-refractivity contribution is 7.85. The molecule has 1 atom stereocenters. The molecule has 1 fully saturated rings. The standard InChI is InChI=1S/C18H18N6O2S/c19-6-5-13(20)10-24-18(25)17-4-3-15(7-12(17)8-21-24)27(26)16-9-22-23(11-16)14-1-2-14/h3-9,11,14,19H,1-2,10,20H2/b13-5-,19-6?. The number of nitrogens with two attached hydrogens (primary N) is 1. The van der Waals surface area contributed by atoms with Gasteiger partial charge in [-0.05, 0) is 37.1 Å². The molecule has 138 valence electrons. The molecule has 27 heavy (non-hydrogen) atoms. The maximum Gasteiger partial charge on any atom is 0.274 e. The lowest BCUT2D eigenvalue weighted by Crippen LogP contribution is -2.25. The van der Waals surface area contributed by atoms with E-state index in [9.17, 15) is 9.00 Å². The summed E-state index contributed by atoms with van der Waals surface area (Å²) in [5, 5.41) is 16.5. The fraction of sp³-hybridized carbons (Fsp3) is 0.222. The number of nitrogens with zero attached hydrogens (tertiary/aromatic N) is 4. The average Bonchev–Trinajstić information content (AvgIpc) is 3.40. The quantitative estimate of drug-likeness (QED) is 0.627. The Morgan fingerprint density at radius 1 is 1.30 bits per heavy atom. The SMILES string of the molecule is N=C/C=C(\N)Cn1ncc2cc(S(=O)c3cnn(C4CC4)c3)ccc2c1=O. The van der Waals surface area contributed by atoms with Gasteiger partial charge in [-0.2, -0.15) is 10.2 Å². The molecule has 1 aliphatic carbocycles. The summed E-state index contributed by atoms with van der Waals surface area (Å²) in [6.45, 7) is 0.109. The molecule has 1 saturated carbocycles. The van der Waals surface area contributed by atoms with Gasteiger partial charge >= 0.3 is 0 Å². The van der Waals surface area contributed by atoms with Crippen molar-refractivity contribution in [2.75, 3.05) is 0 Å². The second-order valence-electron chi connectivity index (χ2n) is 6.42. The minimum atomic E-state index is -1.37. The lowest BCUT2D eigenvalue weighted by Gasteiger charge is -2.07. The van der Waals surface area contributed by atoms with E-state index in [1.807, 2.05) is 10.9 Å². The van der Waals surface area contributed by atoms with Crippen molar-refractivity contribution in [3.63, 3.8) is 0 Å². The number of benzene rings is 1. The van der Waals surface area contributed by atoms with Crippen LogP contribution in [0.4, 0.5) is 0 Å². The van der Waals surface area contributed by atoms with Crippen LogP contribution in [-0.4, -0.2) is 30.0 Å². The molecule has 3 aromatic rings. The molecule has 0 radical (unpaired) electrons. The van der Waals surface area contributed by atoms with Crippen molar-refractivity contribution in [3.8, 4) is 0 Å². The Morgan fingerprint density at radius 3 is 2.85 bits per heavy atom. The first-order valence-corrected chi connectivity index (χ1v) is 9.62. The normalized spacial score (nSPS) is 15.8. The van der Waals surface area contributed by atoms with E-state index in [0.717, 1.165) is 19.1 Å². The van der Waals surface area contributed by atoms with E-state index in [2.05, 4.69) is 10.2 Å². The van der Waals surface area contributed by atoms with Crippen LogP contribution in [0.2, 0.25) is 0 Å². The van der Waals surface area contributed by atoms with Gasteiger partial charge in [-0.3, -0.25) is 9.48 Å². The number of hydrogen-bond acceptors (Lipinski definition) is 6. The van der Waals surface area contributed by atoms with Gasteiger partial charge < -0.3 is 11.1 Å². The molecule has 1 unspecified atom stereocenters. The van der Waals surface area contributed by atoms with Gasteiger partial charge in [0.15, 0.2) is 0 Å². The zero-order chi connectivity index (χ0) is 19.0. The third-order valence-electron chi connectivity index (χ3n) is 4.38. The molecule has 1 aliphatic rings. The minimum absolute atomic E-state index is 0.109. The summed E-state index contributed by atoms with van der Waals surface area (Å²) in [5.41, 5.74) is 5.83. The molecule has 0 bridgehead atoms. The van der Waals surface area contributed by atoms with Crippen LogP contribution in [0.3, 0.4) is 0 Å². The number of fused-ring (bicyclic) bond motifs is 1. The molecular weight excluding hydrogens is 364 g/mol. The molecule has 8 nitrogen and oxygen atoms in total. The average molecular weight is 382 g/mol. The number of hydrogen-bond donors (Lipinski definition) is 2. The van der Waals surface area contributed by atoms with Crippen LogP contribution in [0.25, 0.3) is 10.8 Å². The van der Waals surface area contributed by atoms with Crippen molar-refractivity contribution in [1.29, 1.82) is 5.41 Å². The highest BCUT2D eigenvalue weighted by Gasteiger charge is 2.25. The molecule has 2 aromatic heterocycles. The van der Waals surface area contributed by atoms with Crippen molar-refractivity contribution in [3.05, 3.63) is 58.9 Å². The van der Waals surface area contributed by atoms with Gasteiger partial charge in [0, 0.05) is 28.4 Å². The second kappa shape index (κ2) is 6.92. The summed E-state index contributed by atoms with van der Waals surface area (Å²) in [7, 11) is -1.37. The predicted molar refractivity (Wildman–Crippen MR) is 102 cm³/mol. The summed E-state index contributed by atoms with van der Waals surface area (Å²) in [5.74, 6) is 0. The zero-order valence-electron chi connectivity index (χ0n) is 14.4. The van der Waals surface area contributed by atoms with E-state index in [0.29, 0.717) is 32.3 Å². The first-order valence-electron chi connectivity index (χ1n) is 8.48. The highest BCUT2D eigenvalue weighted by atomic mass is 32.2. The van der Waals surface area contributed by atoms with Crippen molar-refractivity contribution in [2.45, 2.75) is 35.2 Å². The maximum atomic E-state index is 12.8. The Hall–Kier alpha value is -3.07. The Morgan fingerprint density at radius 2 is 2.11 bits per heavy atom. The highest BCUT2D eigenvalue weighted by Crippen LogP contribution is 2.34. The molecule has 0 aliphatic heterocycles. The fourth-order valence-electron chi connectivity index (χ4n) is 2.82. The predicted octanol–water partition coefficient (Wildman–Crippen LogP) is 1.59. The second-order valence-corrected chi connectivity index (χ2v) is 7.90. The van der Waals surface area contributed by atoms with Crippen molar-refractivity contribution < 1.29 is 4.21 Å². The largest absolute Gasteiger partial charge is 0.400 e. The Kier molecular flexibility index (Phi) is 4.44. The molecular formula is C18H18N6O2S. The van der Waals surface area contributed by atoms with Gasteiger partial charge in [0.05, 0.1) is 46.1 Å². The summed E-state index contributed by atoms with van der Waals surface area (Å²) in [6.07, 6.45) is 9.71. The van der Waals surface area contributed by atoms with E-state index in [4.69, 9.17) is 11.1 Å². The monoisotopic (exact) mass is 382 g/mol. The van der Waals surface area contributed by atoms with E-state index in [-0.39, 0.29) is 12.1 Å². The van der Waals surface area contributed by atoms with E-state index >= 15 is 0 Å². The summed E-state index contributed by atoms with van der Waals surface area (Å²) in [6, 6.07) is 5.50. The number of aromatic nitrogens is 4. The first-order chi connectivity index (χ1) is 13.1. The Bertz CT molecular complexity index is 1140. The van der Waals surface area contributed by atoms with Crippen molar-refractivity contribution in [1.82, 2.24) is 19.6 Å². The van der Waals surface area contributed by atoms with Crippen LogP contribution < -0.4 is 11.3 Å². The molecule has 0 spiro atoms. The zero-order valence-corrected chi connectivity index (χ0v) is 15.2. The molecule has 4 rings (SSSR count). The van der Waals surface area contributed by atoms with E-state index in [1.165, 1.54) is 10.8 Å². The third-order valence-corrected chi connectivity index (χ3v) is 5.70. The molecule has 0 saturated heterocycles. The number of rotatable bonds is 6. The van der Waals surface area contributed by atoms with E-state index < -0.39 is 10.8 Å². The molecule has 3 N–H and O–H groups in total. The summed E-state index contributed by atoms with van der Waals surface area (Å²) >= 11 is 0. The number of nitrogens with one attached hydrogen (secondary N) is 1. The molecule has 2 heterocycles. The fourth-order valence-corrected chi connectivity index (χ4v) is 3.86. The van der Waals surface area contributed by atoms with Crippen molar-refractivity contribution in [2.24, 2.45) is 5.73 Å². The topological polar surface area (TPSA) is 120 Å². The van der Waals surface area contributed by atoms with Gasteiger partial charge in [-0.1, -0.05) is 0 Å². The first kappa shape index (κ1) is 17.3. The molecule has 9 heteroatoms. The lowest BCUT2D eigenvalue weighted by molar-refractivity contribution is 0.635. The van der Waals surface area contributed by atoms with Gasteiger partial charge in [0.1, 0.15) is 0 Å². The lowest BCUT2D eigenvalue weighted by atomic mass is 10.2. The molecule has 0 amide bonds. The van der Waals surface area contributed by atoms with Gasteiger partial charge in [0.25, 0.3) is 5.56 Å². The minimum Gasteiger partial charge on any atom is -0.400 e. The van der Waals surface area contributed by atoms with Crippen LogP contribution in [0.15, 0.2) is 63.1 Å². The van der Waals surface area contributed by atoms with Crippen LogP contribution in [0.1, 0.15) is 18.9 Å². The Labute approximate surface area is 157 Å². The van der Waals surface area contributed by atoms with Crippen LogP contribution >= 0.6 is 0 Å². The number of allylic oxidation sites excluding steroid dienone is 2. The third kappa shape index (κ3) is 3.45. The van der Waals surface area contributed by atoms with Crippen molar-refractivity contribution >= 4 is 27.8 Å². The van der Waals surface area contributed by atoms with Crippen LogP contribution in [0, 0.1) is 5.41 Å². The van der Waals surface area contributed by atoms with Gasteiger partial charge in [-0.15, -0.1) is 0 Å². The van der Waals surface area contributed by atoms with Gasteiger partial charge in [0.2, 0.25) is 0 Å². The molecule has 1 aromatic carbocycles. The van der Waals surface area contributed by atoms with Crippen LogP contribution in [0.5, 0.6) is 0 Å².